The van der Waals surface area contributed by atoms with Gasteiger partial charge in [-0.1, -0.05) is 12.1 Å². The monoisotopic (exact) mass is 336 g/mol. The molecule has 0 amide bonds. The topological polar surface area (TPSA) is 29.3 Å². The number of nitrogens with two attached hydrogens (primary N) is 1. The molecule has 0 fully saturated rings. The van der Waals surface area contributed by atoms with Gasteiger partial charge < -0.3 is 5.73 Å². The summed E-state index contributed by atoms with van der Waals surface area (Å²) in [5.74, 6) is 0. The van der Waals surface area contributed by atoms with Crippen LogP contribution in [0.5, 0.6) is 0 Å². The maximum atomic E-state index is 6.11. The van der Waals surface area contributed by atoms with Crippen molar-refractivity contribution in [1.82, 2.24) is 4.90 Å². The Morgan fingerprint density at radius 1 is 1.42 bits per heavy atom. The Bertz CT molecular complexity index is 594. The van der Waals surface area contributed by atoms with Crippen LogP contribution in [-0.2, 0) is 13.0 Å². The highest BCUT2D eigenvalue weighted by Crippen LogP contribution is 2.33. The minimum Gasteiger partial charge on any atom is -0.398 e. The molecule has 0 saturated carbocycles. The van der Waals surface area contributed by atoms with Crippen molar-refractivity contribution in [2.24, 2.45) is 0 Å². The molecule has 3 rings (SSSR count). The minimum atomic E-state index is 0.448. The zero-order valence-electron chi connectivity index (χ0n) is 10.9. The van der Waals surface area contributed by atoms with Crippen molar-refractivity contribution in [2.45, 2.75) is 25.9 Å². The van der Waals surface area contributed by atoms with Crippen LogP contribution >= 0.6 is 27.3 Å². The van der Waals surface area contributed by atoms with Crippen LogP contribution in [0.2, 0.25) is 0 Å². The van der Waals surface area contributed by atoms with Crippen molar-refractivity contribution in [2.75, 3.05) is 12.3 Å². The summed E-state index contributed by atoms with van der Waals surface area (Å²) in [6, 6.07) is 8.94. The maximum absolute atomic E-state index is 6.11. The Morgan fingerprint density at radius 2 is 2.26 bits per heavy atom. The van der Waals surface area contributed by atoms with E-state index < -0.39 is 0 Å². The number of benzene rings is 1. The van der Waals surface area contributed by atoms with Crippen molar-refractivity contribution < 1.29 is 0 Å². The van der Waals surface area contributed by atoms with Crippen molar-refractivity contribution in [3.63, 3.8) is 0 Å². The molecule has 2 aromatic rings. The van der Waals surface area contributed by atoms with Gasteiger partial charge in [-0.15, -0.1) is 11.3 Å². The van der Waals surface area contributed by atoms with Crippen LogP contribution in [0.4, 0.5) is 5.69 Å². The van der Waals surface area contributed by atoms with Gasteiger partial charge in [-0.05, 0) is 52.5 Å². The summed E-state index contributed by atoms with van der Waals surface area (Å²) >= 11 is 5.35. The molecule has 1 aromatic carbocycles. The van der Waals surface area contributed by atoms with E-state index in [1.54, 1.807) is 0 Å². The molecule has 0 spiro atoms. The number of thiophene rings is 1. The maximum Gasteiger partial charge on any atom is 0.0417 e. The minimum absolute atomic E-state index is 0.448. The number of hydrogen-bond acceptors (Lipinski definition) is 3. The number of anilines is 1. The van der Waals surface area contributed by atoms with E-state index in [1.807, 2.05) is 17.4 Å². The molecule has 2 nitrogen and oxygen atoms in total. The van der Waals surface area contributed by atoms with Gasteiger partial charge in [0.05, 0.1) is 0 Å². The summed E-state index contributed by atoms with van der Waals surface area (Å²) in [6.07, 6.45) is 1.09. The fraction of sp³-hybridized carbons (Fsp3) is 0.333. The average molecular weight is 337 g/mol. The summed E-state index contributed by atoms with van der Waals surface area (Å²) in [5.41, 5.74) is 9.78. The molecule has 0 aliphatic carbocycles. The first-order valence-corrected chi connectivity index (χ1v) is 8.16. The van der Waals surface area contributed by atoms with E-state index >= 15 is 0 Å². The van der Waals surface area contributed by atoms with Gasteiger partial charge in [0.25, 0.3) is 0 Å². The van der Waals surface area contributed by atoms with Gasteiger partial charge in [-0.3, -0.25) is 4.90 Å². The van der Waals surface area contributed by atoms with Crippen LogP contribution < -0.4 is 5.73 Å². The zero-order chi connectivity index (χ0) is 13.4. The van der Waals surface area contributed by atoms with E-state index in [9.17, 15) is 0 Å². The lowest BCUT2D eigenvalue weighted by atomic mass is 9.97. The SMILES string of the molecule is CC(c1cc(Br)cs1)N1CCc2cccc(N)c2C1. The number of nitrogen functional groups attached to an aromatic ring is 1. The molecular formula is C15H17BrN2S. The van der Waals surface area contributed by atoms with Gasteiger partial charge in [0.2, 0.25) is 0 Å². The van der Waals surface area contributed by atoms with E-state index in [0.717, 1.165) is 25.2 Å². The van der Waals surface area contributed by atoms with Gasteiger partial charge in [0, 0.05) is 39.5 Å². The summed E-state index contributed by atoms with van der Waals surface area (Å²) < 4.78 is 1.18. The van der Waals surface area contributed by atoms with Gasteiger partial charge in [-0.2, -0.15) is 0 Å². The third-order valence-electron chi connectivity index (χ3n) is 3.89. The van der Waals surface area contributed by atoms with Crippen LogP contribution in [0.15, 0.2) is 34.1 Å². The molecule has 100 valence electrons. The smallest absolute Gasteiger partial charge is 0.0417 e. The molecule has 1 aromatic heterocycles. The van der Waals surface area contributed by atoms with Crippen molar-refractivity contribution in [1.29, 1.82) is 0 Å². The summed E-state index contributed by atoms with van der Waals surface area (Å²) in [7, 11) is 0. The highest BCUT2D eigenvalue weighted by molar-refractivity contribution is 9.10. The van der Waals surface area contributed by atoms with Crippen molar-refractivity contribution >= 4 is 33.0 Å². The fourth-order valence-corrected chi connectivity index (χ4v) is 4.22. The highest BCUT2D eigenvalue weighted by atomic mass is 79.9. The quantitative estimate of drug-likeness (QED) is 0.832. The molecule has 4 heteroatoms. The number of nitrogens with zero attached hydrogens (tertiary/aromatic N) is 1. The standard InChI is InChI=1S/C15H17BrN2S/c1-10(15-7-12(16)9-19-15)18-6-5-11-3-2-4-14(17)13(11)8-18/h2-4,7,9-10H,5-6,8,17H2,1H3. The molecular weight excluding hydrogens is 320 g/mol. The van der Waals surface area contributed by atoms with Gasteiger partial charge in [-0.25, -0.2) is 0 Å². The average Bonchev–Trinajstić information content (AvgIpc) is 2.85. The second kappa shape index (κ2) is 5.27. The molecule has 1 unspecified atom stereocenters. The van der Waals surface area contributed by atoms with E-state index in [2.05, 4.69) is 51.3 Å². The highest BCUT2D eigenvalue weighted by Gasteiger charge is 2.23. The first-order valence-electron chi connectivity index (χ1n) is 6.49. The lowest BCUT2D eigenvalue weighted by Gasteiger charge is -2.33. The summed E-state index contributed by atoms with van der Waals surface area (Å²) in [4.78, 5) is 3.92. The van der Waals surface area contributed by atoms with Gasteiger partial charge in [0.1, 0.15) is 0 Å². The first kappa shape index (κ1) is 13.2. The lowest BCUT2D eigenvalue weighted by Crippen LogP contribution is -2.33. The molecule has 0 saturated heterocycles. The Kier molecular flexibility index (Phi) is 3.65. The van der Waals surface area contributed by atoms with Crippen LogP contribution in [0.3, 0.4) is 0 Å². The van der Waals surface area contributed by atoms with Crippen molar-refractivity contribution in [3.05, 3.63) is 50.1 Å². The Balaban J connectivity index is 1.83. The lowest BCUT2D eigenvalue weighted by molar-refractivity contribution is 0.195. The molecule has 1 atom stereocenters. The largest absolute Gasteiger partial charge is 0.398 e. The Morgan fingerprint density at radius 3 is 3.00 bits per heavy atom. The normalized spacial score (nSPS) is 17.2. The van der Waals surface area contributed by atoms with Crippen molar-refractivity contribution in [3.8, 4) is 0 Å². The number of rotatable bonds is 2. The molecule has 0 radical (unpaired) electrons. The first-order chi connectivity index (χ1) is 9.15. The number of hydrogen-bond donors (Lipinski definition) is 1. The van der Waals surface area contributed by atoms with E-state index in [1.165, 1.54) is 20.5 Å². The predicted octanol–water partition coefficient (Wildman–Crippen LogP) is 4.21. The summed E-state index contributed by atoms with van der Waals surface area (Å²) in [5, 5.41) is 2.15. The van der Waals surface area contributed by atoms with Crippen LogP contribution in [-0.4, -0.2) is 11.4 Å². The molecule has 0 bridgehead atoms. The van der Waals surface area contributed by atoms with E-state index in [-0.39, 0.29) is 0 Å². The van der Waals surface area contributed by atoms with E-state index in [4.69, 9.17) is 5.73 Å². The van der Waals surface area contributed by atoms with Gasteiger partial charge in [0.15, 0.2) is 0 Å². The third-order valence-corrected chi connectivity index (χ3v) is 5.75. The second-order valence-corrected chi connectivity index (χ2v) is 6.91. The molecule has 1 aliphatic rings. The van der Waals surface area contributed by atoms with Crippen LogP contribution in [0, 0.1) is 0 Å². The Hall–Kier alpha value is -0.840. The number of halogens is 1. The van der Waals surface area contributed by atoms with E-state index in [0.29, 0.717) is 6.04 Å². The third kappa shape index (κ3) is 2.57. The number of fused-ring (bicyclic) bond motifs is 1. The summed E-state index contributed by atoms with van der Waals surface area (Å²) in [6.45, 7) is 4.34. The molecule has 1 aliphatic heterocycles. The van der Waals surface area contributed by atoms with Gasteiger partial charge >= 0.3 is 0 Å². The van der Waals surface area contributed by atoms with Crippen LogP contribution in [0.25, 0.3) is 0 Å². The van der Waals surface area contributed by atoms with Crippen LogP contribution in [0.1, 0.15) is 29.0 Å². The fourth-order valence-electron chi connectivity index (χ4n) is 2.69. The molecule has 2 heterocycles. The second-order valence-electron chi connectivity index (χ2n) is 5.05. The molecule has 2 N–H and O–H groups in total. The zero-order valence-corrected chi connectivity index (χ0v) is 13.3. The molecule has 19 heavy (non-hydrogen) atoms. The Labute approximate surface area is 126 Å². The predicted molar refractivity (Wildman–Crippen MR) is 85.4 cm³/mol.